The van der Waals surface area contributed by atoms with Gasteiger partial charge in [0.25, 0.3) is 5.91 Å². The normalized spacial score (nSPS) is 23.0. The van der Waals surface area contributed by atoms with E-state index in [1.54, 1.807) is 6.92 Å². The van der Waals surface area contributed by atoms with Gasteiger partial charge in [-0.25, -0.2) is 4.79 Å². The van der Waals surface area contributed by atoms with Crippen molar-refractivity contribution >= 4 is 17.8 Å². The van der Waals surface area contributed by atoms with Crippen LogP contribution in [0, 0.1) is 0 Å². The maximum Gasteiger partial charge on any atom is 0.344 e. The maximum absolute atomic E-state index is 12.3. The number of aryl methyl sites for hydroxylation is 2. The van der Waals surface area contributed by atoms with Gasteiger partial charge >= 0.3 is 6.03 Å². The largest absolute Gasteiger partial charge is 0.344 e. The summed E-state index contributed by atoms with van der Waals surface area (Å²) in [6, 6.07) is 5.52. The first-order chi connectivity index (χ1) is 11.4. The van der Waals surface area contributed by atoms with E-state index in [1.807, 2.05) is 13.0 Å². The maximum atomic E-state index is 12.3. The average molecular weight is 329 g/mol. The number of benzene rings is 1. The Hall–Kier alpha value is -2.37. The first-order valence-electron chi connectivity index (χ1n) is 8.50. The monoisotopic (exact) mass is 329 g/mol. The summed E-state index contributed by atoms with van der Waals surface area (Å²) in [4.78, 5) is 36.4. The van der Waals surface area contributed by atoms with Crippen LogP contribution in [0.2, 0.25) is 0 Å². The molecule has 1 aliphatic carbocycles. The summed E-state index contributed by atoms with van der Waals surface area (Å²) in [5.41, 5.74) is 5.05. The van der Waals surface area contributed by atoms with E-state index in [4.69, 9.17) is 0 Å². The topological polar surface area (TPSA) is 78.5 Å². The molecule has 1 fully saturated rings. The first-order valence-corrected chi connectivity index (χ1v) is 8.50. The van der Waals surface area contributed by atoms with Gasteiger partial charge in [0.1, 0.15) is 5.54 Å². The van der Waals surface area contributed by atoms with Crippen molar-refractivity contribution in [2.75, 3.05) is 0 Å². The van der Waals surface area contributed by atoms with Gasteiger partial charge in [-0.3, -0.25) is 15.0 Å². The van der Waals surface area contributed by atoms with Crippen LogP contribution in [0.1, 0.15) is 49.8 Å². The lowest BCUT2D eigenvalue weighted by Gasteiger charge is -2.19. The lowest BCUT2D eigenvalue weighted by atomic mass is 9.90. The fourth-order valence-electron chi connectivity index (χ4n) is 3.27. The molecule has 1 heterocycles. The summed E-state index contributed by atoms with van der Waals surface area (Å²) in [7, 11) is 0. The molecule has 1 atom stereocenters. The quantitative estimate of drug-likeness (QED) is 0.828. The van der Waals surface area contributed by atoms with Crippen LogP contribution in [-0.4, -0.2) is 28.4 Å². The predicted molar refractivity (Wildman–Crippen MR) is 89.0 cm³/mol. The molecule has 1 aromatic carbocycles. The van der Waals surface area contributed by atoms with Gasteiger partial charge < -0.3 is 5.32 Å². The van der Waals surface area contributed by atoms with E-state index < -0.39 is 17.5 Å². The Morgan fingerprint density at radius 3 is 2.62 bits per heavy atom. The lowest BCUT2D eigenvalue weighted by molar-refractivity contribution is -0.138. The minimum absolute atomic E-state index is 0.146. The molecular weight excluding hydrogens is 306 g/mol. The number of amides is 4. The van der Waals surface area contributed by atoms with Crippen LogP contribution in [0.25, 0.3) is 0 Å². The average Bonchev–Trinajstić information content (AvgIpc) is 2.78. The number of hydrogen-bond donors (Lipinski definition) is 2. The Labute approximate surface area is 141 Å². The number of hydrogen-bond acceptors (Lipinski definition) is 3. The molecular formula is C18H23N3O3. The van der Waals surface area contributed by atoms with Crippen molar-refractivity contribution in [3.05, 3.63) is 34.9 Å². The summed E-state index contributed by atoms with van der Waals surface area (Å²) < 4.78 is 0. The van der Waals surface area contributed by atoms with Gasteiger partial charge in [-0.05, 0) is 55.7 Å². The van der Waals surface area contributed by atoms with Crippen molar-refractivity contribution in [1.82, 2.24) is 15.8 Å². The van der Waals surface area contributed by atoms with E-state index in [2.05, 4.69) is 22.9 Å². The fraction of sp³-hybridized carbons (Fsp3) is 0.500. The van der Waals surface area contributed by atoms with Crippen LogP contribution in [0.4, 0.5) is 4.79 Å². The molecule has 0 bridgehead atoms. The van der Waals surface area contributed by atoms with E-state index in [0.29, 0.717) is 6.42 Å². The predicted octanol–water partition coefficient (Wildman–Crippen LogP) is 1.86. The zero-order valence-corrected chi connectivity index (χ0v) is 14.1. The van der Waals surface area contributed by atoms with Gasteiger partial charge in [-0.15, -0.1) is 0 Å². The number of carbonyl (C=O) groups excluding carboxylic acids is 3. The number of imide groups is 1. The smallest absolute Gasteiger partial charge is 0.322 e. The molecule has 4 amide bonds. The second-order valence-corrected chi connectivity index (χ2v) is 6.78. The van der Waals surface area contributed by atoms with Crippen molar-refractivity contribution in [3.63, 3.8) is 0 Å². The summed E-state index contributed by atoms with van der Waals surface area (Å²) in [5.74, 6) is -0.789. The number of rotatable bonds is 4. The van der Waals surface area contributed by atoms with Crippen LogP contribution in [0.15, 0.2) is 18.2 Å². The van der Waals surface area contributed by atoms with Gasteiger partial charge in [0.15, 0.2) is 0 Å². The Kier molecular flexibility index (Phi) is 4.30. The Morgan fingerprint density at radius 2 is 1.96 bits per heavy atom. The molecule has 1 saturated heterocycles. The molecule has 0 saturated carbocycles. The molecule has 6 heteroatoms. The Morgan fingerprint density at radius 1 is 1.25 bits per heavy atom. The molecule has 1 aliphatic heterocycles. The van der Waals surface area contributed by atoms with Gasteiger partial charge in [-0.1, -0.05) is 25.1 Å². The zero-order valence-electron chi connectivity index (χ0n) is 14.1. The van der Waals surface area contributed by atoms with Crippen molar-refractivity contribution in [2.24, 2.45) is 0 Å². The molecule has 0 spiro atoms. The van der Waals surface area contributed by atoms with Crippen LogP contribution < -0.4 is 10.7 Å². The minimum atomic E-state index is -0.948. The number of hydrazine groups is 1. The highest BCUT2D eigenvalue weighted by Crippen LogP contribution is 2.23. The second kappa shape index (κ2) is 6.26. The summed E-state index contributed by atoms with van der Waals surface area (Å²) in [5, 5.41) is 3.41. The van der Waals surface area contributed by atoms with Crippen molar-refractivity contribution in [3.8, 4) is 0 Å². The van der Waals surface area contributed by atoms with Gasteiger partial charge in [0, 0.05) is 0 Å². The molecule has 0 radical (unpaired) electrons. The number of nitrogens with one attached hydrogen (secondary N) is 2. The second-order valence-electron chi connectivity index (χ2n) is 6.78. The van der Waals surface area contributed by atoms with E-state index in [0.717, 1.165) is 23.4 Å². The molecule has 1 aromatic rings. The van der Waals surface area contributed by atoms with Crippen LogP contribution in [-0.2, 0) is 28.9 Å². The lowest BCUT2D eigenvalue weighted by Crippen LogP contribution is -2.49. The molecule has 0 unspecified atom stereocenters. The third kappa shape index (κ3) is 3.00. The minimum Gasteiger partial charge on any atom is -0.322 e. The van der Waals surface area contributed by atoms with Crippen LogP contribution >= 0.6 is 0 Å². The highest BCUT2D eigenvalue weighted by molar-refractivity contribution is 6.07. The van der Waals surface area contributed by atoms with E-state index in [1.165, 1.54) is 24.0 Å². The molecule has 128 valence electrons. The van der Waals surface area contributed by atoms with Crippen LogP contribution in [0.3, 0.4) is 0 Å². The van der Waals surface area contributed by atoms with E-state index in [-0.39, 0.29) is 12.3 Å². The van der Waals surface area contributed by atoms with E-state index in [9.17, 15) is 14.4 Å². The highest BCUT2D eigenvalue weighted by atomic mass is 16.2. The van der Waals surface area contributed by atoms with E-state index >= 15 is 0 Å². The summed E-state index contributed by atoms with van der Waals surface area (Å²) >= 11 is 0. The van der Waals surface area contributed by atoms with Crippen LogP contribution in [0.5, 0.6) is 0 Å². The molecule has 3 rings (SSSR count). The standard InChI is InChI=1S/C18H23N3O3/c1-3-18(2)16(23)21(17(24)19-18)20-15(22)11-12-8-9-13-6-4-5-7-14(13)10-12/h8-10H,3-7,11H2,1-2H3,(H,19,24)(H,20,22)/t18-/m0/s1. The fourth-order valence-corrected chi connectivity index (χ4v) is 3.27. The molecule has 6 nitrogen and oxygen atoms in total. The SMILES string of the molecule is CC[C@]1(C)NC(=O)N(NC(=O)Cc2ccc3c(c2)CCCC3)C1=O. The Bertz CT molecular complexity index is 701. The number of urea groups is 1. The van der Waals surface area contributed by atoms with Gasteiger partial charge in [0.2, 0.25) is 5.91 Å². The zero-order chi connectivity index (χ0) is 17.3. The van der Waals surface area contributed by atoms with Crippen molar-refractivity contribution in [1.29, 1.82) is 0 Å². The summed E-state index contributed by atoms with van der Waals surface area (Å²) in [6.45, 7) is 3.47. The van der Waals surface area contributed by atoms with Crippen molar-refractivity contribution < 1.29 is 14.4 Å². The third-order valence-electron chi connectivity index (χ3n) is 4.98. The number of carbonyl (C=O) groups is 3. The molecule has 2 aliphatic rings. The Balaban J connectivity index is 1.66. The molecule has 24 heavy (non-hydrogen) atoms. The van der Waals surface area contributed by atoms with Gasteiger partial charge in [0.05, 0.1) is 6.42 Å². The number of nitrogens with zero attached hydrogens (tertiary/aromatic N) is 1. The van der Waals surface area contributed by atoms with Gasteiger partial charge in [-0.2, -0.15) is 5.01 Å². The third-order valence-corrected chi connectivity index (χ3v) is 4.98. The molecule has 2 N–H and O–H groups in total. The number of fused-ring (bicyclic) bond motifs is 1. The summed E-state index contributed by atoms with van der Waals surface area (Å²) in [6.07, 6.45) is 5.16. The van der Waals surface area contributed by atoms with Crippen molar-refractivity contribution in [2.45, 2.75) is 57.9 Å². The first kappa shape index (κ1) is 16.5. The highest BCUT2D eigenvalue weighted by Gasteiger charge is 2.47. The molecule has 0 aromatic heterocycles.